The molecule has 0 amide bonds. The van der Waals surface area contributed by atoms with E-state index < -0.39 is 11.9 Å². The molecular weight excluding hydrogens is 243 g/mol. The SMILES string of the molecule is Nc1cc(Cl)c(F)cc1NC1CCCCC1O. The standard InChI is InChI=1S/C12H16ClFN2O/c13-7-5-9(15)11(6-8(7)14)16-10-3-1-2-4-12(10)17/h5-6,10,12,16-17H,1-4,15H2. The first-order chi connectivity index (χ1) is 8.08. The van der Waals surface area contributed by atoms with E-state index in [0.717, 1.165) is 25.7 Å². The number of nitrogens with two attached hydrogens (primary N) is 1. The van der Waals surface area contributed by atoms with Crippen molar-refractivity contribution in [3.05, 3.63) is 23.0 Å². The number of nitrogens with one attached hydrogen (secondary N) is 1. The highest BCUT2D eigenvalue weighted by atomic mass is 35.5. The van der Waals surface area contributed by atoms with Crippen molar-refractivity contribution in [2.75, 3.05) is 11.1 Å². The zero-order valence-electron chi connectivity index (χ0n) is 9.42. The van der Waals surface area contributed by atoms with Crippen LogP contribution in [0.5, 0.6) is 0 Å². The summed E-state index contributed by atoms with van der Waals surface area (Å²) in [5.41, 5.74) is 6.65. The molecule has 2 unspecified atom stereocenters. The highest BCUT2D eigenvalue weighted by Gasteiger charge is 2.23. The summed E-state index contributed by atoms with van der Waals surface area (Å²) in [5, 5.41) is 12.9. The highest BCUT2D eigenvalue weighted by molar-refractivity contribution is 6.31. The molecule has 1 saturated carbocycles. The third-order valence-corrected chi connectivity index (χ3v) is 3.45. The third kappa shape index (κ3) is 2.82. The number of rotatable bonds is 2. The van der Waals surface area contributed by atoms with Gasteiger partial charge in [0.15, 0.2) is 0 Å². The van der Waals surface area contributed by atoms with E-state index in [4.69, 9.17) is 17.3 Å². The zero-order chi connectivity index (χ0) is 12.4. The summed E-state index contributed by atoms with van der Waals surface area (Å²) in [6, 6.07) is 2.60. The quantitative estimate of drug-likeness (QED) is 0.715. The number of nitrogen functional groups attached to an aromatic ring is 1. The molecule has 0 heterocycles. The van der Waals surface area contributed by atoms with Crippen LogP contribution in [-0.2, 0) is 0 Å². The molecule has 17 heavy (non-hydrogen) atoms. The number of aliphatic hydroxyl groups is 1. The Balaban J connectivity index is 2.15. The van der Waals surface area contributed by atoms with Gasteiger partial charge in [-0.15, -0.1) is 0 Å². The molecule has 5 heteroatoms. The first-order valence-corrected chi connectivity index (χ1v) is 6.15. The van der Waals surface area contributed by atoms with E-state index >= 15 is 0 Å². The van der Waals surface area contributed by atoms with Crippen molar-refractivity contribution in [3.63, 3.8) is 0 Å². The predicted molar refractivity (Wildman–Crippen MR) is 67.7 cm³/mol. The fourth-order valence-corrected chi connectivity index (χ4v) is 2.34. The molecular formula is C12H16ClFN2O. The van der Waals surface area contributed by atoms with Gasteiger partial charge in [-0.1, -0.05) is 24.4 Å². The minimum Gasteiger partial charge on any atom is -0.397 e. The molecule has 94 valence electrons. The van der Waals surface area contributed by atoms with E-state index in [-0.39, 0.29) is 11.1 Å². The Hall–Kier alpha value is -1.00. The molecule has 0 radical (unpaired) electrons. The highest BCUT2D eigenvalue weighted by Crippen LogP contribution is 2.29. The van der Waals surface area contributed by atoms with Gasteiger partial charge in [0, 0.05) is 6.07 Å². The van der Waals surface area contributed by atoms with Gasteiger partial charge in [-0.3, -0.25) is 0 Å². The molecule has 2 rings (SSSR count). The van der Waals surface area contributed by atoms with E-state index in [1.807, 2.05) is 0 Å². The van der Waals surface area contributed by atoms with Crippen molar-refractivity contribution in [1.29, 1.82) is 0 Å². The number of benzene rings is 1. The van der Waals surface area contributed by atoms with E-state index in [1.54, 1.807) is 0 Å². The molecule has 4 N–H and O–H groups in total. The molecule has 1 aromatic rings. The second-order valence-electron chi connectivity index (χ2n) is 4.46. The maximum absolute atomic E-state index is 13.3. The molecule has 0 spiro atoms. The molecule has 1 aliphatic rings. The van der Waals surface area contributed by atoms with Gasteiger partial charge in [0.1, 0.15) is 5.82 Å². The van der Waals surface area contributed by atoms with Crippen molar-refractivity contribution in [1.82, 2.24) is 0 Å². The van der Waals surface area contributed by atoms with Crippen LogP contribution in [0.4, 0.5) is 15.8 Å². The minimum atomic E-state index is -0.506. The van der Waals surface area contributed by atoms with Gasteiger partial charge in [-0.05, 0) is 18.9 Å². The Morgan fingerprint density at radius 3 is 2.76 bits per heavy atom. The van der Waals surface area contributed by atoms with E-state index in [9.17, 15) is 9.50 Å². The van der Waals surface area contributed by atoms with Crippen molar-refractivity contribution >= 4 is 23.0 Å². The van der Waals surface area contributed by atoms with Gasteiger partial charge in [0.05, 0.1) is 28.5 Å². The average Bonchev–Trinajstić information content (AvgIpc) is 2.29. The summed E-state index contributed by atoms with van der Waals surface area (Å²) < 4.78 is 13.3. The van der Waals surface area contributed by atoms with Gasteiger partial charge in [0.2, 0.25) is 0 Å². The fraction of sp³-hybridized carbons (Fsp3) is 0.500. The molecule has 0 aromatic heterocycles. The molecule has 1 fully saturated rings. The zero-order valence-corrected chi connectivity index (χ0v) is 10.2. The Bertz CT molecular complexity index is 414. The lowest BCUT2D eigenvalue weighted by molar-refractivity contribution is 0.116. The lowest BCUT2D eigenvalue weighted by Gasteiger charge is -2.29. The minimum absolute atomic E-state index is 0.0113. The van der Waals surface area contributed by atoms with Crippen molar-refractivity contribution in [3.8, 4) is 0 Å². The number of hydrogen-bond donors (Lipinski definition) is 3. The Labute approximate surface area is 105 Å². The van der Waals surface area contributed by atoms with Crippen LogP contribution in [-0.4, -0.2) is 17.3 Å². The van der Waals surface area contributed by atoms with Crippen LogP contribution >= 0.6 is 11.6 Å². The van der Waals surface area contributed by atoms with Crippen LogP contribution in [0.15, 0.2) is 12.1 Å². The molecule has 3 nitrogen and oxygen atoms in total. The third-order valence-electron chi connectivity index (χ3n) is 3.16. The topological polar surface area (TPSA) is 58.3 Å². The van der Waals surface area contributed by atoms with Gasteiger partial charge in [0.25, 0.3) is 0 Å². The normalized spacial score (nSPS) is 24.6. The lowest BCUT2D eigenvalue weighted by Crippen LogP contribution is -2.36. The van der Waals surface area contributed by atoms with Crippen LogP contribution in [0, 0.1) is 5.82 Å². The largest absolute Gasteiger partial charge is 0.397 e. The van der Waals surface area contributed by atoms with Crippen molar-refractivity contribution in [2.45, 2.75) is 37.8 Å². The first kappa shape index (κ1) is 12.5. The second-order valence-corrected chi connectivity index (χ2v) is 4.86. The second kappa shape index (κ2) is 5.10. The van der Waals surface area contributed by atoms with E-state index in [2.05, 4.69) is 5.32 Å². The summed E-state index contributed by atoms with van der Waals surface area (Å²) in [6.07, 6.45) is 3.33. The molecule has 0 saturated heterocycles. The van der Waals surface area contributed by atoms with E-state index in [1.165, 1.54) is 12.1 Å². The van der Waals surface area contributed by atoms with Crippen molar-refractivity contribution < 1.29 is 9.50 Å². The average molecular weight is 259 g/mol. The number of hydrogen-bond acceptors (Lipinski definition) is 3. The molecule has 1 aliphatic carbocycles. The van der Waals surface area contributed by atoms with Crippen molar-refractivity contribution in [2.24, 2.45) is 0 Å². The summed E-state index contributed by atoms with van der Waals surface area (Å²) in [4.78, 5) is 0. The van der Waals surface area contributed by atoms with Gasteiger partial charge >= 0.3 is 0 Å². The smallest absolute Gasteiger partial charge is 0.143 e. The molecule has 0 aliphatic heterocycles. The van der Waals surface area contributed by atoms with Crippen LogP contribution in [0.1, 0.15) is 25.7 Å². The predicted octanol–water partition coefficient (Wildman–Crippen LogP) is 2.78. The van der Waals surface area contributed by atoms with Crippen LogP contribution < -0.4 is 11.1 Å². The molecule has 2 atom stereocenters. The molecule has 1 aromatic carbocycles. The number of anilines is 2. The monoisotopic (exact) mass is 258 g/mol. The van der Waals surface area contributed by atoms with Crippen LogP contribution in [0.2, 0.25) is 5.02 Å². The maximum Gasteiger partial charge on any atom is 0.143 e. The van der Waals surface area contributed by atoms with Crippen LogP contribution in [0.25, 0.3) is 0 Å². The maximum atomic E-state index is 13.3. The van der Waals surface area contributed by atoms with E-state index in [0.29, 0.717) is 11.4 Å². The molecule has 0 bridgehead atoms. The van der Waals surface area contributed by atoms with Gasteiger partial charge in [-0.25, -0.2) is 4.39 Å². The summed E-state index contributed by atoms with van der Waals surface area (Å²) in [7, 11) is 0. The fourth-order valence-electron chi connectivity index (χ4n) is 2.17. The van der Waals surface area contributed by atoms with Gasteiger partial charge in [-0.2, -0.15) is 0 Å². The Kier molecular flexibility index (Phi) is 3.74. The lowest BCUT2D eigenvalue weighted by atomic mass is 9.92. The van der Waals surface area contributed by atoms with Gasteiger partial charge < -0.3 is 16.2 Å². The summed E-state index contributed by atoms with van der Waals surface area (Å²) in [5.74, 6) is -0.506. The summed E-state index contributed by atoms with van der Waals surface area (Å²) >= 11 is 5.63. The Morgan fingerprint density at radius 1 is 1.35 bits per heavy atom. The summed E-state index contributed by atoms with van der Waals surface area (Å²) in [6.45, 7) is 0. The van der Waals surface area contributed by atoms with Crippen LogP contribution in [0.3, 0.4) is 0 Å². The first-order valence-electron chi connectivity index (χ1n) is 5.77. The number of halogens is 2. The number of aliphatic hydroxyl groups excluding tert-OH is 1. The Morgan fingerprint density at radius 2 is 2.06 bits per heavy atom.